The van der Waals surface area contributed by atoms with Crippen LogP contribution in [0.25, 0.3) is 10.9 Å². The zero-order valence-corrected chi connectivity index (χ0v) is 16.5. The van der Waals surface area contributed by atoms with E-state index in [0.29, 0.717) is 25.7 Å². The van der Waals surface area contributed by atoms with Crippen LogP contribution < -0.4 is 5.32 Å². The lowest BCUT2D eigenvalue weighted by atomic mass is 10.1. The fourth-order valence-electron chi connectivity index (χ4n) is 3.94. The van der Waals surface area contributed by atoms with Crippen LogP contribution in [0.2, 0.25) is 0 Å². The predicted octanol–water partition coefficient (Wildman–Crippen LogP) is 2.63. The van der Waals surface area contributed by atoms with Crippen molar-refractivity contribution in [3.63, 3.8) is 0 Å². The molecule has 3 heterocycles. The first-order valence-electron chi connectivity index (χ1n) is 9.86. The molecule has 28 heavy (non-hydrogen) atoms. The number of nitrogens with one attached hydrogen (secondary N) is 1. The summed E-state index contributed by atoms with van der Waals surface area (Å²) in [6.07, 6.45) is 4.00. The first-order chi connectivity index (χ1) is 13.8. The Morgan fingerprint density at radius 2 is 2.25 bits per heavy atom. The lowest BCUT2D eigenvalue weighted by molar-refractivity contribution is -0.146. The summed E-state index contributed by atoms with van der Waals surface area (Å²) in [6.45, 7) is 3.40. The molecule has 2 aromatic heterocycles. The second kappa shape index (κ2) is 7.66. The lowest BCUT2D eigenvalue weighted by Crippen LogP contribution is -2.49. The fourth-order valence-corrected chi connectivity index (χ4v) is 4.49. The van der Waals surface area contributed by atoms with Crippen LogP contribution in [0.15, 0.2) is 41.4 Å². The maximum atomic E-state index is 13.1. The molecule has 1 atom stereocenters. The molecule has 6 nitrogen and oxygen atoms in total. The summed E-state index contributed by atoms with van der Waals surface area (Å²) in [6, 6.07) is 8.77. The Hall–Kier alpha value is -2.22. The number of amides is 1. The molecule has 3 aromatic rings. The summed E-state index contributed by atoms with van der Waals surface area (Å²) in [4.78, 5) is 19.6. The second-order valence-corrected chi connectivity index (χ2v) is 8.26. The number of morpholine rings is 1. The van der Waals surface area contributed by atoms with Gasteiger partial charge in [-0.25, -0.2) is 4.98 Å². The topological polar surface area (TPSA) is 59.4 Å². The molecule has 0 radical (unpaired) electrons. The Kier molecular flexibility index (Phi) is 4.88. The SMILES string of the molecule is O=C(C1CNCCO1)N(Cc1cn(Cc2cscn2)c2ccccc12)C1CC1. The quantitative estimate of drug-likeness (QED) is 0.696. The van der Waals surface area contributed by atoms with Crippen molar-refractivity contribution in [2.24, 2.45) is 0 Å². The Bertz CT molecular complexity index is 958. The molecule has 1 aliphatic heterocycles. The van der Waals surface area contributed by atoms with E-state index < -0.39 is 0 Å². The minimum Gasteiger partial charge on any atom is -0.366 e. The van der Waals surface area contributed by atoms with E-state index in [1.165, 1.54) is 16.5 Å². The monoisotopic (exact) mass is 396 g/mol. The van der Waals surface area contributed by atoms with Gasteiger partial charge in [0.1, 0.15) is 6.10 Å². The predicted molar refractivity (Wildman–Crippen MR) is 109 cm³/mol. The third kappa shape index (κ3) is 3.57. The molecular weight excluding hydrogens is 372 g/mol. The molecule has 1 unspecified atom stereocenters. The number of rotatable bonds is 6. The van der Waals surface area contributed by atoms with Crippen LogP contribution in [-0.4, -0.2) is 52.2 Å². The molecule has 0 bridgehead atoms. The van der Waals surface area contributed by atoms with Gasteiger partial charge in [0.15, 0.2) is 0 Å². The van der Waals surface area contributed by atoms with Gasteiger partial charge in [-0.15, -0.1) is 11.3 Å². The molecule has 1 N–H and O–H groups in total. The number of hydrogen-bond donors (Lipinski definition) is 1. The van der Waals surface area contributed by atoms with E-state index in [0.717, 1.165) is 31.6 Å². The van der Waals surface area contributed by atoms with Crippen molar-refractivity contribution in [2.75, 3.05) is 19.7 Å². The normalized spacial score (nSPS) is 19.8. The molecule has 5 rings (SSSR count). The van der Waals surface area contributed by atoms with Crippen LogP contribution in [0.1, 0.15) is 24.1 Å². The molecule has 2 fully saturated rings. The van der Waals surface area contributed by atoms with Gasteiger partial charge in [-0.2, -0.15) is 0 Å². The fraction of sp³-hybridized carbons (Fsp3) is 0.429. The molecule has 1 aromatic carbocycles. The number of hydrogen-bond acceptors (Lipinski definition) is 5. The average Bonchev–Trinajstić information content (AvgIpc) is 3.35. The molecule has 2 aliphatic rings. The molecule has 1 aliphatic carbocycles. The van der Waals surface area contributed by atoms with Crippen LogP contribution in [0.5, 0.6) is 0 Å². The van der Waals surface area contributed by atoms with E-state index in [2.05, 4.69) is 50.7 Å². The molecular formula is C21H24N4O2S. The highest BCUT2D eigenvalue weighted by molar-refractivity contribution is 7.07. The van der Waals surface area contributed by atoms with E-state index in [9.17, 15) is 4.79 Å². The number of benzene rings is 1. The minimum atomic E-state index is -0.363. The number of carbonyl (C=O) groups excluding carboxylic acids is 1. The standard InChI is InChI=1S/C21H24N4O2S/c26-21(20-9-22-7-8-27-20)25(17-5-6-17)11-15-10-24(12-16-13-28-14-23-16)19-4-2-1-3-18(15)19/h1-4,10,13-14,17,20,22H,5-9,11-12H2. The van der Waals surface area contributed by atoms with Crippen molar-refractivity contribution < 1.29 is 9.53 Å². The molecule has 1 saturated carbocycles. The van der Waals surface area contributed by atoms with Gasteiger partial charge in [-0.3, -0.25) is 4.79 Å². The maximum Gasteiger partial charge on any atom is 0.253 e. The van der Waals surface area contributed by atoms with Gasteiger partial charge in [-0.05, 0) is 24.5 Å². The number of aromatic nitrogens is 2. The van der Waals surface area contributed by atoms with Gasteiger partial charge in [0.2, 0.25) is 0 Å². The van der Waals surface area contributed by atoms with Gasteiger partial charge in [0, 0.05) is 48.2 Å². The first-order valence-corrected chi connectivity index (χ1v) is 10.8. The minimum absolute atomic E-state index is 0.117. The van der Waals surface area contributed by atoms with E-state index in [-0.39, 0.29) is 12.0 Å². The third-order valence-electron chi connectivity index (χ3n) is 5.50. The van der Waals surface area contributed by atoms with Crippen molar-refractivity contribution in [2.45, 2.75) is 38.1 Å². The Balaban J connectivity index is 1.43. The van der Waals surface area contributed by atoms with Crippen LogP contribution in [0.3, 0.4) is 0 Å². The average molecular weight is 397 g/mol. The number of ether oxygens (including phenoxy) is 1. The Morgan fingerprint density at radius 1 is 1.36 bits per heavy atom. The number of thiazole rings is 1. The molecule has 1 saturated heterocycles. The summed E-state index contributed by atoms with van der Waals surface area (Å²) in [5.41, 5.74) is 5.31. The highest BCUT2D eigenvalue weighted by Gasteiger charge is 2.37. The van der Waals surface area contributed by atoms with Gasteiger partial charge >= 0.3 is 0 Å². The van der Waals surface area contributed by atoms with Gasteiger partial charge in [0.05, 0.1) is 24.4 Å². The van der Waals surface area contributed by atoms with Crippen molar-refractivity contribution in [3.05, 3.63) is 52.6 Å². The van der Waals surface area contributed by atoms with E-state index in [4.69, 9.17) is 4.74 Å². The van der Waals surface area contributed by atoms with Crippen LogP contribution in [0, 0.1) is 0 Å². The summed E-state index contributed by atoms with van der Waals surface area (Å²) in [5.74, 6) is 0.117. The van der Waals surface area contributed by atoms with Crippen LogP contribution in [-0.2, 0) is 22.6 Å². The zero-order valence-electron chi connectivity index (χ0n) is 15.7. The van der Waals surface area contributed by atoms with Gasteiger partial charge in [-0.1, -0.05) is 18.2 Å². The maximum absolute atomic E-state index is 13.1. The summed E-state index contributed by atoms with van der Waals surface area (Å²) in [5, 5.41) is 6.56. The Morgan fingerprint density at radius 3 is 3.00 bits per heavy atom. The highest BCUT2D eigenvalue weighted by Crippen LogP contribution is 2.32. The molecule has 7 heteroatoms. The lowest BCUT2D eigenvalue weighted by Gasteiger charge is -2.30. The second-order valence-electron chi connectivity index (χ2n) is 7.54. The smallest absolute Gasteiger partial charge is 0.253 e. The van der Waals surface area contributed by atoms with Crippen molar-refractivity contribution in [1.82, 2.24) is 19.8 Å². The van der Waals surface area contributed by atoms with Crippen LogP contribution in [0.4, 0.5) is 0 Å². The number of carbonyl (C=O) groups is 1. The van der Waals surface area contributed by atoms with Crippen molar-refractivity contribution in [3.8, 4) is 0 Å². The number of para-hydroxylation sites is 1. The largest absolute Gasteiger partial charge is 0.366 e. The summed E-state index contributed by atoms with van der Waals surface area (Å²) < 4.78 is 7.98. The highest BCUT2D eigenvalue weighted by atomic mass is 32.1. The van der Waals surface area contributed by atoms with Gasteiger partial charge in [0.25, 0.3) is 5.91 Å². The van der Waals surface area contributed by atoms with E-state index in [1.54, 1.807) is 11.3 Å². The molecule has 1 amide bonds. The van der Waals surface area contributed by atoms with E-state index in [1.807, 2.05) is 10.4 Å². The van der Waals surface area contributed by atoms with Crippen molar-refractivity contribution >= 4 is 28.1 Å². The molecule has 0 spiro atoms. The van der Waals surface area contributed by atoms with Crippen molar-refractivity contribution in [1.29, 1.82) is 0 Å². The third-order valence-corrected chi connectivity index (χ3v) is 6.14. The number of nitrogens with zero attached hydrogens (tertiary/aromatic N) is 3. The van der Waals surface area contributed by atoms with E-state index >= 15 is 0 Å². The first kappa shape index (κ1) is 17.8. The van der Waals surface area contributed by atoms with Crippen LogP contribution >= 0.6 is 11.3 Å². The Labute approximate surface area is 168 Å². The zero-order chi connectivity index (χ0) is 18.9. The van der Waals surface area contributed by atoms with Gasteiger partial charge < -0.3 is 19.5 Å². The molecule has 146 valence electrons. The summed E-state index contributed by atoms with van der Waals surface area (Å²) >= 11 is 1.62. The summed E-state index contributed by atoms with van der Waals surface area (Å²) in [7, 11) is 0. The number of fused-ring (bicyclic) bond motifs is 1.